The van der Waals surface area contributed by atoms with Crippen molar-refractivity contribution in [3.63, 3.8) is 0 Å². The molecule has 0 fully saturated rings. The maximum absolute atomic E-state index is 5.69. The van der Waals surface area contributed by atoms with Crippen LogP contribution in [-0.2, 0) is 12.8 Å². The number of rotatable bonds is 8. The molecule has 3 N–H and O–H groups in total. The minimum Gasteiger partial charge on any atom is -0.496 e. The molecule has 0 saturated carbocycles. The Kier molecular flexibility index (Phi) is 6.70. The average molecular weight is 369 g/mol. The van der Waals surface area contributed by atoms with E-state index in [-0.39, 0.29) is 0 Å². The molecule has 1 atom stereocenters. The molecule has 0 bridgehead atoms. The molecule has 0 amide bonds. The summed E-state index contributed by atoms with van der Waals surface area (Å²) >= 11 is 5.34. The van der Waals surface area contributed by atoms with Gasteiger partial charge in [0.05, 0.1) is 11.6 Å². The first-order valence-electron chi connectivity index (χ1n) is 7.04. The fraction of sp³-hybridized carbons (Fsp3) is 0.375. The van der Waals surface area contributed by atoms with E-state index >= 15 is 0 Å². The van der Waals surface area contributed by atoms with Crippen molar-refractivity contribution in [1.82, 2.24) is 5.43 Å². The third-order valence-electron chi connectivity index (χ3n) is 3.49. The van der Waals surface area contributed by atoms with E-state index in [1.165, 1.54) is 10.4 Å². The van der Waals surface area contributed by atoms with E-state index in [9.17, 15) is 0 Å². The molecule has 3 nitrogen and oxygen atoms in total. The summed E-state index contributed by atoms with van der Waals surface area (Å²) in [5.74, 6) is 6.55. The molecule has 0 aliphatic rings. The van der Waals surface area contributed by atoms with E-state index in [0.717, 1.165) is 35.9 Å². The summed E-state index contributed by atoms with van der Waals surface area (Å²) in [5.41, 5.74) is 4.19. The Hall–Kier alpha value is -0.880. The lowest BCUT2D eigenvalue weighted by Crippen LogP contribution is -2.36. The number of ether oxygens (including phenoxy) is 1. The predicted octanol–water partition coefficient (Wildman–Crippen LogP) is 3.92. The second-order valence-electron chi connectivity index (χ2n) is 5.01. The van der Waals surface area contributed by atoms with Gasteiger partial charge in [-0.05, 0) is 70.8 Å². The number of nitrogens with two attached hydrogens (primary N) is 1. The standard InChI is InChI=1S/C16H21BrN2OS/c1-20-16-8-7-12(11-15(16)17)10-13(19-18)4-2-5-14-6-3-9-21-14/h3,6-9,11,13,19H,2,4-5,10,18H2,1H3. The largest absolute Gasteiger partial charge is 0.496 e. The molecule has 2 aromatic rings. The third-order valence-corrected chi connectivity index (χ3v) is 5.05. The summed E-state index contributed by atoms with van der Waals surface area (Å²) < 4.78 is 6.23. The zero-order valence-electron chi connectivity index (χ0n) is 12.1. The van der Waals surface area contributed by atoms with Crippen LogP contribution in [0.15, 0.2) is 40.2 Å². The topological polar surface area (TPSA) is 47.3 Å². The molecule has 1 aromatic heterocycles. The van der Waals surface area contributed by atoms with Crippen molar-refractivity contribution in [1.29, 1.82) is 0 Å². The van der Waals surface area contributed by atoms with Gasteiger partial charge in [0.15, 0.2) is 0 Å². The van der Waals surface area contributed by atoms with Gasteiger partial charge < -0.3 is 4.74 Å². The first kappa shape index (κ1) is 16.5. The molecular weight excluding hydrogens is 348 g/mol. The molecular formula is C16H21BrN2OS. The van der Waals surface area contributed by atoms with Crippen LogP contribution in [0, 0.1) is 0 Å². The summed E-state index contributed by atoms with van der Waals surface area (Å²) in [6, 6.07) is 10.8. The summed E-state index contributed by atoms with van der Waals surface area (Å²) in [7, 11) is 1.68. The maximum atomic E-state index is 5.69. The highest BCUT2D eigenvalue weighted by Gasteiger charge is 2.10. The van der Waals surface area contributed by atoms with Gasteiger partial charge in [-0.3, -0.25) is 11.3 Å². The normalized spacial score (nSPS) is 12.3. The number of methoxy groups -OCH3 is 1. The van der Waals surface area contributed by atoms with Gasteiger partial charge in [0.1, 0.15) is 5.75 Å². The Morgan fingerprint density at radius 3 is 2.86 bits per heavy atom. The third kappa shape index (κ3) is 5.11. The lowest BCUT2D eigenvalue weighted by Gasteiger charge is -2.16. The van der Waals surface area contributed by atoms with Gasteiger partial charge in [-0.2, -0.15) is 0 Å². The molecule has 1 unspecified atom stereocenters. The van der Waals surface area contributed by atoms with Gasteiger partial charge in [-0.15, -0.1) is 11.3 Å². The Morgan fingerprint density at radius 1 is 1.38 bits per heavy atom. The number of hydrogen-bond donors (Lipinski definition) is 2. The van der Waals surface area contributed by atoms with Crippen LogP contribution in [0.3, 0.4) is 0 Å². The van der Waals surface area contributed by atoms with Gasteiger partial charge in [0.25, 0.3) is 0 Å². The van der Waals surface area contributed by atoms with Crippen LogP contribution in [0.5, 0.6) is 5.75 Å². The minimum absolute atomic E-state index is 0.297. The van der Waals surface area contributed by atoms with E-state index in [4.69, 9.17) is 10.6 Å². The summed E-state index contributed by atoms with van der Waals surface area (Å²) in [6.07, 6.45) is 4.26. The molecule has 1 heterocycles. The number of aryl methyl sites for hydroxylation is 1. The zero-order chi connectivity index (χ0) is 15.1. The highest BCUT2D eigenvalue weighted by molar-refractivity contribution is 9.10. The molecule has 0 radical (unpaired) electrons. The Labute approximate surface area is 138 Å². The zero-order valence-corrected chi connectivity index (χ0v) is 14.5. The summed E-state index contributed by atoms with van der Waals surface area (Å²) in [5, 5.41) is 2.13. The molecule has 0 aliphatic carbocycles. The van der Waals surface area contributed by atoms with Crippen LogP contribution >= 0.6 is 27.3 Å². The van der Waals surface area contributed by atoms with E-state index in [2.05, 4.69) is 51.0 Å². The number of benzene rings is 1. The van der Waals surface area contributed by atoms with E-state index in [1.54, 1.807) is 7.11 Å². The molecule has 2 rings (SSSR count). The lowest BCUT2D eigenvalue weighted by molar-refractivity contribution is 0.411. The van der Waals surface area contributed by atoms with Crippen molar-refractivity contribution in [2.24, 2.45) is 5.84 Å². The van der Waals surface area contributed by atoms with Crippen LogP contribution in [0.25, 0.3) is 0 Å². The molecule has 5 heteroatoms. The summed E-state index contributed by atoms with van der Waals surface area (Å²) in [6.45, 7) is 0. The number of thiophene rings is 1. The molecule has 114 valence electrons. The monoisotopic (exact) mass is 368 g/mol. The van der Waals surface area contributed by atoms with Crippen LogP contribution in [0.4, 0.5) is 0 Å². The fourth-order valence-electron chi connectivity index (χ4n) is 2.34. The van der Waals surface area contributed by atoms with Gasteiger partial charge in [0, 0.05) is 10.9 Å². The van der Waals surface area contributed by atoms with Crippen LogP contribution in [0.1, 0.15) is 23.3 Å². The molecule has 21 heavy (non-hydrogen) atoms. The summed E-state index contributed by atoms with van der Waals surface area (Å²) in [4.78, 5) is 1.44. The Morgan fingerprint density at radius 2 is 2.24 bits per heavy atom. The number of hydrazine groups is 1. The quantitative estimate of drug-likeness (QED) is 0.548. The van der Waals surface area contributed by atoms with Crippen LogP contribution in [-0.4, -0.2) is 13.2 Å². The second-order valence-corrected chi connectivity index (χ2v) is 6.89. The first-order valence-corrected chi connectivity index (χ1v) is 8.71. The maximum Gasteiger partial charge on any atom is 0.133 e. The van der Waals surface area contributed by atoms with Crippen LogP contribution < -0.4 is 16.0 Å². The number of hydrogen-bond acceptors (Lipinski definition) is 4. The van der Waals surface area contributed by atoms with Gasteiger partial charge in [-0.1, -0.05) is 12.1 Å². The minimum atomic E-state index is 0.297. The lowest BCUT2D eigenvalue weighted by atomic mass is 10.0. The Bertz CT molecular complexity index is 545. The van der Waals surface area contributed by atoms with Crippen LogP contribution in [0.2, 0.25) is 0 Å². The highest BCUT2D eigenvalue weighted by Crippen LogP contribution is 2.26. The first-order chi connectivity index (χ1) is 10.2. The van der Waals surface area contributed by atoms with E-state index in [1.807, 2.05) is 17.4 Å². The highest BCUT2D eigenvalue weighted by atomic mass is 79.9. The van der Waals surface area contributed by atoms with E-state index < -0.39 is 0 Å². The van der Waals surface area contributed by atoms with Gasteiger partial charge in [0.2, 0.25) is 0 Å². The van der Waals surface area contributed by atoms with Crippen molar-refractivity contribution in [2.45, 2.75) is 31.7 Å². The fourth-order valence-corrected chi connectivity index (χ4v) is 3.68. The molecule has 0 saturated heterocycles. The van der Waals surface area contributed by atoms with E-state index in [0.29, 0.717) is 6.04 Å². The number of nitrogens with one attached hydrogen (secondary N) is 1. The van der Waals surface area contributed by atoms with Gasteiger partial charge >= 0.3 is 0 Å². The molecule has 1 aromatic carbocycles. The predicted molar refractivity (Wildman–Crippen MR) is 92.8 cm³/mol. The van der Waals surface area contributed by atoms with Crippen molar-refractivity contribution in [3.8, 4) is 5.75 Å². The molecule has 0 aliphatic heterocycles. The van der Waals surface area contributed by atoms with Crippen molar-refractivity contribution < 1.29 is 4.74 Å². The SMILES string of the molecule is COc1ccc(CC(CCCc2cccs2)NN)cc1Br. The van der Waals surface area contributed by atoms with Crippen molar-refractivity contribution in [3.05, 3.63) is 50.6 Å². The number of halogens is 1. The second kappa shape index (κ2) is 8.54. The smallest absolute Gasteiger partial charge is 0.133 e. The molecule has 0 spiro atoms. The van der Waals surface area contributed by atoms with Gasteiger partial charge in [-0.25, -0.2) is 0 Å². The Balaban J connectivity index is 1.85. The average Bonchev–Trinajstić information content (AvgIpc) is 2.99. The van der Waals surface area contributed by atoms with Crippen molar-refractivity contribution in [2.75, 3.05) is 7.11 Å². The van der Waals surface area contributed by atoms with Crippen molar-refractivity contribution >= 4 is 27.3 Å².